The van der Waals surface area contributed by atoms with Crippen LogP contribution in [0.25, 0.3) is 0 Å². The van der Waals surface area contributed by atoms with Crippen LogP contribution < -0.4 is 5.73 Å². The monoisotopic (exact) mass is 314 g/mol. The quantitative estimate of drug-likeness (QED) is 0.905. The second-order valence-electron chi connectivity index (χ2n) is 6.28. The molecule has 0 radical (unpaired) electrons. The minimum atomic E-state index is -1.98. The van der Waals surface area contributed by atoms with Crippen molar-refractivity contribution in [2.45, 2.75) is 69.1 Å². The number of alkyl halides is 2. The summed E-state index contributed by atoms with van der Waals surface area (Å²) in [5, 5.41) is 0.208. The van der Waals surface area contributed by atoms with Crippen LogP contribution >= 0.6 is 11.3 Å². The normalized spacial score (nSPS) is 36.2. The van der Waals surface area contributed by atoms with Crippen LogP contribution in [0.2, 0.25) is 0 Å². The molecule has 1 heterocycles. The first-order valence-corrected chi connectivity index (χ1v) is 8.38. The summed E-state index contributed by atoms with van der Waals surface area (Å²) >= 11 is 1.16. The SMILES string of the molecule is CC1CCC(C(N)=O)c2sc(C3(F)CCCCC3F)nc21. The predicted molar refractivity (Wildman–Crippen MR) is 77.8 cm³/mol. The summed E-state index contributed by atoms with van der Waals surface area (Å²) in [6, 6.07) is 0. The number of halogens is 2. The molecular formula is C15H20F2N2OS. The number of fused-ring (bicyclic) bond motifs is 1. The number of carbonyl (C=O) groups is 1. The Morgan fingerprint density at radius 3 is 2.81 bits per heavy atom. The van der Waals surface area contributed by atoms with E-state index in [1.54, 1.807) is 0 Å². The lowest BCUT2D eigenvalue weighted by atomic mass is 9.84. The number of nitrogens with two attached hydrogens (primary N) is 1. The van der Waals surface area contributed by atoms with Gasteiger partial charge in [0.1, 0.15) is 11.2 Å². The molecule has 0 aromatic carbocycles. The van der Waals surface area contributed by atoms with Gasteiger partial charge in [0.2, 0.25) is 5.91 Å². The first-order chi connectivity index (χ1) is 9.93. The van der Waals surface area contributed by atoms with Crippen LogP contribution in [-0.2, 0) is 10.5 Å². The van der Waals surface area contributed by atoms with Crippen molar-refractivity contribution in [3.63, 3.8) is 0 Å². The molecule has 4 atom stereocenters. The fourth-order valence-corrected chi connectivity index (χ4v) is 4.89. The lowest BCUT2D eigenvalue weighted by Gasteiger charge is -2.31. The van der Waals surface area contributed by atoms with E-state index in [0.29, 0.717) is 12.8 Å². The van der Waals surface area contributed by atoms with Crippen molar-refractivity contribution in [1.29, 1.82) is 0 Å². The van der Waals surface area contributed by atoms with Gasteiger partial charge in [0.25, 0.3) is 0 Å². The first kappa shape index (κ1) is 14.9. The molecule has 6 heteroatoms. The summed E-state index contributed by atoms with van der Waals surface area (Å²) in [5.41, 5.74) is 4.21. The Bertz CT molecular complexity index is 562. The molecule has 2 aliphatic rings. The highest BCUT2D eigenvalue weighted by Crippen LogP contribution is 2.49. The van der Waals surface area contributed by atoms with Gasteiger partial charge in [-0.25, -0.2) is 13.8 Å². The number of rotatable bonds is 2. The van der Waals surface area contributed by atoms with Crippen LogP contribution in [0.3, 0.4) is 0 Å². The maximum Gasteiger partial charge on any atom is 0.225 e. The Hall–Kier alpha value is -1.04. The summed E-state index contributed by atoms with van der Waals surface area (Å²) in [7, 11) is 0. The van der Waals surface area contributed by atoms with Crippen molar-refractivity contribution in [2.24, 2.45) is 5.73 Å². The Kier molecular flexibility index (Phi) is 3.76. The molecule has 21 heavy (non-hydrogen) atoms. The molecule has 3 nitrogen and oxygen atoms in total. The van der Waals surface area contributed by atoms with Crippen molar-refractivity contribution >= 4 is 17.2 Å². The minimum Gasteiger partial charge on any atom is -0.369 e. The zero-order chi connectivity index (χ0) is 15.2. The first-order valence-electron chi connectivity index (χ1n) is 7.57. The molecule has 2 N–H and O–H groups in total. The Morgan fingerprint density at radius 1 is 1.38 bits per heavy atom. The highest BCUT2D eigenvalue weighted by Gasteiger charge is 2.47. The average molecular weight is 314 g/mol. The van der Waals surface area contributed by atoms with Gasteiger partial charge in [-0.05, 0) is 38.0 Å². The van der Waals surface area contributed by atoms with E-state index in [9.17, 15) is 9.18 Å². The molecule has 0 spiro atoms. The van der Waals surface area contributed by atoms with Gasteiger partial charge in [-0.2, -0.15) is 0 Å². The maximum atomic E-state index is 15.1. The number of primary amides is 1. The standard InChI is InChI=1S/C15H20F2N2OS/c1-8-5-6-9(13(18)20)12-11(8)19-14(21-12)15(17)7-3-2-4-10(15)16/h8-10H,2-7H2,1H3,(H2,18,20). The summed E-state index contributed by atoms with van der Waals surface area (Å²) < 4.78 is 29.2. The smallest absolute Gasteiger partial charge is 0.225 e. The summed E-state index contributed by atoms with van der Waals surface area (Å²) in [6.07, 6.45) is 1.80. The van der Waals surface area contributed by atoms with Crippen LogP contribution in [-0.4, -0.2) is 17.1 Å². The predicted octanol–water partition coefficient (Wildman–Crippen LogP) is 3.69. The number of nitrogens with zero attached hydrogens (tertiary/aromatic N) is 1. The Labute approximate surface area is 126 Å². The van der Waals surface area contributed by atoms with Crippen LogP contribution in [0.4, 0.5) is 8.78 Å². The van der Waals surface area contributed by atoms with Gasteiger partial charge in [-0.15, -0.1) is 11.3 Å². The number of amides is 1. The summed E-state index contributed by atoms with van der Waals surface area (Å²) in [5.74, 6) is -0.620. The van der Waals surface area contributed by atoms with Crippen LogP contribution in [0.1, 0.15) is 72.9 Å². The van der Waals surface area contributed by atoms with Gasteiger partial charge >= 0.3 is 0 Å². The fourth-order valence-electron chi connectivity index (χ4n) is 3.41. The molecule has 1 aromatic heterocycles. The van der Waals surface area contributed by atoms with Crippen molar-refractivity contribution in [3.8, 4) is 0 Å². The topological polar surface area (TPSA) is 56.0 Å². The molecule has 116 valence electrons. The molecule has 0 aliphatic heterocycles. The van der Waals surface area contributed by atoms with E-state index in [0.717, 1.165) is 34.7 Å². The highest BCUT2D eigenvalue weighted by atomic mass is 32.1. The van der Waals surface area contributed by atoms with E-state index in [4.69, 9.17) is 5.73 Å². The van der Waals surface area contributed by atoms with E-state index < -0.39 is 23.7 Å². The van der Waals surface area contributed by atoms with Crippen molar-refractivity contribution in [1.82, 2.24) is 4.98 Å². The highest BCUT2D eigenvalue weighted by molar-refractivity contribution is 7.12. The number of hydrogen-bond donors (Lipinski definition) is 1. The molecule has 1 saturated carbocycles. The lowest BCUT2D eigenvalue weighted by Crippen LogP contribution is -2.35. The summed E-state index contributed by atoms with van der Waals surface area (Å²) in [4.78, 5) is 16.7. The van der Waals surface area contributed by atoms with Gasteiger partial charge in [0.05, 0.1) is 11.6 Å². The van der Waals surface area contributed by atoms with Gasteiger partial charge in [-0.1, -0.05) is 13.3 Å². The zero-order valence-electron chi connectivity index (χ0n) is 12.1. The van der Waals surface area contributed by atoms with Crippen molar-refractivity contribution in [2.75, 3.05) is 0 Å². The van der Waals surface area contributed by atoms with E-state index >= 15 is 4.39 Å². The van der Waals surface area contributed by atoms with Gasteiger partial charge in [0, 0.05) is 4.88 Å². The molecule has 4 unspecified atom stereocenters. The third-order valence-electron chi connectivity index (χ3n) is 4.80. The average Bonchev–Trinajstić information content (AvgIpc) is 2.88. The van der Waals surface area contributed by atoms with Crippen LogP contribution in [0.5, 0.6) is 0 Å². The molecule has 0 bridgehead atoms. The molecule has 2 aliphatic carbocycles. The van der Waals surface area contributed by atoms with Crippen molar-refractivity contribution < 1.29 is 13.6 Å². The van der Waals surface area contributed by atoms with Gasteiger partial charge < -0.3 is 5.73 Å². The van der Waals surface area contributed by atoms with Crippen LogP contribution in [0.15, 0.2) is 0 Å². The Morgan fingerprint density at radius 2 is 2.14 bits per heavy atom. The molecule has 1 amide bonds. The second-order valence-corrected chi connectivity index (χ2v) is 7.31. The van der Waals surface area contributed by atoms with Crippen molar-refractivity contribution in [3.05, 3.63) is 15.6 Å². The largest absolute Gasteiger partial charge is 0.369 e. The van der Waals surface area contributed by atoms with Gasteiger partial charge in [-0.3, -0.25) is 4.79 Å². The molecule has 3 rings (SSSR count). The Balaban J connectivity index is 2.02. The van der Waals surface area contributed by atoms with E-state index in [1.807, 2.05) is 6.92 Å². The third-order valence-corrected chi connectivity index (χ3v) is 6.13. The number of hydrogen-bond acceptors (Lipinski definition) is 3. The van der Waals surface area contributed by atoms with E-state index in [1.165, 1.54) is 0 Å². The molecular weight excluding hydrogens is 294 g/mol. The van der Waals surface area contributed by atoms with Crippen LogP contribution in [0, 0.1) is 0 Å². The zero-order valence-corrected chi connectivity index (χ0v) is 12.9. The second kappa shape index (κ2) is 5.30. The van der Waals surface area contributed by atoms with E-state index in [-0.39, 0.29) is 23.8 Å². The van der Waals surface area contributed by atoms with Gasteiger partial charge in [0.15, 0.2) is 5.67 Å². The number of carbonyl (C=O) groups excluding carboxylic acids is 1. The number of aromatic nitrogens is 1. The fraction of sp³-hybridized carbons (Fsp3) is 0.733. The number of thiazole rings is 1. The minimum absolute atomic E-state index is 0.172. The summed E-state index contributed by atoms with van der Waals surface area (Å²) in [6.45, 7) is 2.01. The molecule has 1 fully saturated rings. The molecule has 0 saturated heterocycles. The lowest BCUT2D eigenvalue weighted by molar-refractivity contribution is -0.119. The van der Waals surface area contributed by atoms with E-state index in [2.05, 4.69) is 4.98 Å². The third kappa shape index (κ3) is 2.37. The maximum absolute atomic E-state index is 15.1. The molecule has 1 aromatic rings.